The van der Waals surface area contributed by atoms with Crippen LogP contribution < -0.4 is 10.6 Å². The van der Waals surface area contributed by atoms with Crippen LogP contribution in [0.3, 0.4) is 0 Å². The van der Waals surface area contributed by atoms with Crippen molar-refractivity contribution in [2.24, 2.45) is 5.41 Å². The smallest absolute Gasteiger partial charge is 0.329 e. The molecule has 0 spiro atoms. The lowest BCUT2D eigenvalue weighted by Gasteiger charge is -2.24. The third kappa shape index (κ3) is 2.65. The van der Waals surface area contributed by atoms with Crippen molar-refractivity contribution < 1.29 is 14.7 Å². The Labute approximate surface area is 95.6 Å². The molecule has 5 heteroatoms. The summed E-state index contributed by atoms with van der Waals surface area (Å²) < 4.78 is 0. The molecule has 1 rings (SSSR count). The second kappa shape index (κ2) is 3.96. The van der Waals surface area contributed by atoms with E-state index in [0.717, 1.165) is 6.42 Å². The van der Waals surface area contributed by atoms with Crippen LogP contribution in [0.4, 0.5) is 4.79 Å². The van der Waals surface area contributed by atoms with Gasteiger partial charge in [-0.1, -0.05) is 20.8 Å². The van der Waals surface area contributed by atoms with Gasteiger partial charge in [0.15, 0.2) is 0 Å². The molecule has 2 atom stereocenters. The molecule has 0 aromatic heterocycles. The molecule has 0 aromatic carbocycles. The van der Waals surface area contributed by atoms with E-state index in [1.807, 2.05) is 0 Å². The van der Waals surface area contributed by atoms with Gasteiger partial charge >= 0.3 is 12.0 Å². The van der Waals surface area contributed by atoms with Crippen LogP contribution >= 0.6 is 0 Å². The highest BCUT2D eigenvalue weighted by Crippen LogP contribution is 2.44. The fraction of sp³-hybridized carbons (Fsp3) is 0.818. The first-order chi connectivity index (χ1) is 7.21. The van der Waals surface area contributed by atoms with Crippen molar-refractivity contribution >= 4 is 12.0 Å². The van der Waals surface area contributed by atoms with Gasteiger partial charge in [0.05, 0.1) is 0 Å². The zero-order valence-corrected chi connectivity index (χ0v) is 10.3. The number of carboxylic acids is 1. The summed E-state index contributed by atoms with van der Waals surface area (Å²) in [5.41, 5.74) is -1.05. The van der Waals surface area contributed by atoms with Crippen molar-refractivity contribution in [2.45, 2.75) is 52.1 Å². The van der Waals surface area contributed by atoms with Crippen LogP contribution in [-0.2, 0) is 4.79 Å². The number of carbonyl (C=O) groups is 2. The molecule has 92 valence electrons. The molecule has 1 aliphatic rings. The fourth-order valence-electron chi connectivity index (χ4n) is 1.45. The Balaban J connectivity index is 2.48. The van der Waals surface area contributed by atoms with Crippen molar-refractivity contribution in [2.75, 3.05) is 0 Å². The summed E-state index contributed by atoms with van der Waals surface area (Å²) in [5.74, 6) is -1.01. The molecule has 0 aromatic rings. The van der Waals surface area contributed by atoms with E-state index in [1.54, 1.807) is 6.92 Å². The molecule has 0 aliphatic heterocycles. The number of amides is 2. The van der Waals surface area contributed by atoms with E-state index in [9.17, 15) is 9.59 Å². The Morgan fingerprint density at radius 3 is 2.31 bits per heavy atom. The van der Waals surface area contributed by atoms with Gasteiger partial charge in [-0.05, 0) is 25.2 Å². The summed E-state index contributed by atoms with van der Waals surface area (Å²) in [6.07, 6.45) is 1.29. The molecule has 1 fully saturated rings. The van der Waals surface area contributed by atoms with Gasteiger partial charge in [-0.25, -0.2) is 9.59 Å². The molecule has 2 unspecified atom stereocenters. The molecular formula is C11H20N2O3. The van der Waals surface area contributed by atoms with Crippen molar-refractivity contribution in [3.05, 3.63) is 0 Å². The number of urea groups is 1. The van der Waals surface area contributed by atoms with Crippen LogP contribution in [0.15, 0.2) is 0 Å². The monoisotopic (exact) mass is 228 g/mol. The lowest BCUT2D eigenvalue weighted by Crippen LogP contribution is -2.55. The molecule has 0 radical (unpaired) electrons. The summed E-state index contributed by atoms with van der Waals surface area (Å²) in [6, 6.07) is -0.246. The lowest BCUT2D eigenvalue weighted by molar-refractivity contribution is -0.143. The van der Waals surface area contributed by atoms with Crippen LogP contribution in [-0.4, -0.2) is 28.7 Å². The Kier molecular flexibility index (Phi) is 3.17. The van der Waals surface area contributed by atoms with Gasteiger partial charge in [-0.15, -0.1) is 0 Å². The lowest BCUT2D eigenvalue weighted by atomic mass is 10.00. The zero-order valence-electron chi connectivity index (χ0n) is 10.3. The predicted octanol–water partition coefficient (Wildman–Crippen LogP) is 1.34. The number of carboxylic acid groups (broad SMARTS) is 1. The van der Waals surface area contributed by atoms with Gasteiger partial charge in [0.25, 0.3) is 0 Å². The molecule has 3 N–H and O–H groups in total. The highest BCUT2D eigenvalue weighted by Gasteiger charge is 2.47. The molecule has 2 amide bonds. The van der Waals surface area contributed by atoms with E-state index < -0.39 is 17.5 Å². The third-order valence-corrected chi connectivity index (χ3v) is 3.39. The molecule has 1 saturated carbocycles. The summed E-state index contributed by atoms with van der Waals surface area (Å²) in [5, 5.41) is 14.3. The summed E-state index contributed by atoms with van der Waals surface area (Å²) in [7, 11) is 0. The number of rotatable bonds is 4. The zero-order chi connectivity index (χ0) is 12.6. The van der Waals surface area contributed by atoms with Crippen LogP contribution in [0.5, 0.6) is 0 Å². The van der Waals surface area contributed by atoms with Crippen molar-refractivity contribution in [1.29, 1.82) is 0 Å². The minimum atomic E-state index is -1.19. The molecule has 0 bridgehead atoms. The first kappa shape index (κ1) is 12.8. The van der Waals surface area contributed by atoms with Gasteiger partial charge in [0, 0.05) is 6.04 Å². The van der Waals surface area contributed by atoms with E-state index in [4.69, 9.17) is 5.11 Å². The standard InChI is InChI=1S/C11H20N2O3/c1-5-11(4,8(14)15)13-9(16)12-7-6-10(7,2)3/h7H,5-6H2,1-4H3,(H,14,15)(H2,12,13,16). The van der Waals surface area contributed by atoms with E-state index in [-0.39, 0.29) is 11.5 Å². The highest BCUT2D eigenvalue weighted by molar-refractivity contribution is 5.86. The number of hydrogen-bond acceptors (Lipinski definition) is 2. The number of nitrogens with one attached hydrogen (secondary N) is 2. The van der Waals surface area contributed by atoms with E-state index in [0.29, 0.717) is 6.42 Å². The second-order valence-electron chi connectivity index (χ2n) is 5.33. The Morgan fingerprint density at radius 2 is 2.00 bits per heavy atom. The SMILES string of the molecule is CCC(C)(NC(=O)NC1CC1(C)C)C(=O)O. The van der Waals surface area contributed by atoms with E-state index in [2.05, 4.69) is 24.5 Å². The molecule has 0 saturated heterocycles. The number of carbonyl (C=O) groups excluding carboxylic acids is 1. The fourth-order valence-corrected chi connectivity index (χ4v) is 1.45. The number of aliphatic carboxylic acids is 1. The molecule has 5 nitrogen and oxygen atoms in total. The first-order valence-electron chi connectivity index (χ1n) is 5.53. The number of hydrogen-bond donors (Lipinski definition) is 3. The van der Waals surface area contributed by atoms with E-state index >= 15 is 0 Å². The topological polar surface area (TPSA) is 78.4 Å². The van der Waals surface area contributed by atoms with Crippen LogP contribution in [0.1, 0.15) is 40.5 Å². The predicted molar refractivity (Wildman–Crippen MR) is 60.2 cm³/mol. The van der Waals surface area contributed by atoms with Gasteiger partial charge in [0.1, 0.15) is 5.54 Å². The minimum absolute atomic E-state index is 0.142. The Hall–Kier alpha value is -1.26. The molecular weight excluding hydrogens is 208 g/mol. The van der Waals surface area contributed by atoms with Gasteiger partial charge < -0.3 is 15.7 Å². The average Bonchev–Trinajstić information content (AvgIpc) is 2.72. The van der Waals surface area contributed by atoms with Gasteiger partial charge in [-0.2, -0.15) is 0 Å². The summed E-state index contributed by atoms with van der Waals surface area (Å²) in [4.78, 5) is 22.5. The molecule has 0 heterocycles. The van der Waals surface area contributed by atoms with Crippen molar-refractivity contribution in [1.82, 2.24) is 10.6 Å². The maximum atomic E-state index is 11.6. The van der Waals surface area contributed by atoms with Gasteiger partial charge in [0.2, 0.25) is 0 Å². The summed E-state index contributed by atoms with van der Waals surface area (Å²) in [6.45, 7) is 7.37. The van der Waals surface area contributed by atoms with Crippen LogP contribution in [0, 0.1) is 5.41 Å². The molecule has 1 aliphatic carbocycles. The van der Waals surface area contributed by atoms with Crippen molar-refractivity contribution in [3.8, 4) is 0 Å². The van der Waals surface area contributed by atoms with Crippen LogP contribution in [0.25, 0.3) is 0 Å². The maximum Gasteiger partial charge on any atom is 0.329 e. The first-order valence-corrected chi connectivity index (χ1v) is 5.53. The second-order valence-corrected chi connectivity index (χ2v) is 5.33. The Bertz CT molecular complexity index is 314. The third-order valence-electron chi connectivity index (χ3n) is 3.39. The maximum absolute atomic E-state index is 11.6. The van der Waals surface area contributed by atoms with Gasteiger partial charge in [-0.3, -0.25) is 0 Å². The van der Waals surface area contributed by atoms with E-state index in [1.165, 1.54) is 6.92 Å². The van der Waals surface area contributed by atoms with Crippen LogP contribution in [0.2, 0.25) is 0 Å². The largest absolute Gasteiger partial charge is 0.480 e. The van der Waals surface area contributed by atoms with Crippen molar-refractivity contribution in [3.63, 3.8) is 0 Å². The normalized spacial score (nSPS) is 25.4. The highest BCUT2D eigenvalue weighted by atomic mass is 16.4. The molecule has 16 heavy (non-hydrogen) atoms. The average molecular weight is 228 g/mol. The Morgan fingerprint density at radius 1 is 1.50 bits per heavy atom. The quantitative estimate of drug-likeness (QED) is 0.679. The minimum Gasteiger partial charge on any atom is -0.480 e. The summed E-state index contributed by atoms with van der Waals surface area (Å²) >= 11 is 0.